The first-order chi connectivity index (χ1) is 12.2. The lowest BCUT2D eigenvalue weighted by Gasteiger charge is -2.21. The molecular formula is C19H19F4NO2. The molecule has 0 heterocycles. The van der Waals surface area contributed by atoms with Gasteiger partial charge in [-0.15, -0.1) is 13.2 Å². The number of carbonyl (C=O) groups excluding carboxylic acids is 1. The fraction of sp³-hybridized carbons (Fsp3) is 0.316. The van der Waals surface area contributed by atoms with Gasteiger partial charge in [-0.05, 0) is 29.7 Å². The Labute approximate surface area is 149 Å². The van der Waals surface area contributed by atoms with E-state index >= 15 is 0 Å². The molecule has 1 amide bonds. The summed E-state index contributed by atoms with van der Waals surface area (Å²) in [5.74, 6) is -1.06. The zero-order chi connectivity index (χ0) is 19.3. The molecule has 7 heteroatoms. The SMILES string of the molecule is CC(CC(=O)N(C)Cc1ccccc1OC(F)(F)F)c1ccc(F)cc1. The molecule has 0 saturated carbocycles. The Morgan fingerprint density at radius 3 is 2.35 bits per heavy atom. The van der Waals surface area contributed by atoms with Crippen LogP contribution in [0.15, 0.2) is 48.5 Å². The predicted molar refractivity (Wildman–Crippen MR) is 89.0 cm³/mol. The quantitative estimate of drug-likeness (QED) is 0.680. The van der Waals surface area contributed by atoms with Crippen molar-refractivity contribution in [1.82, 2.24) is 4.90 Å². The van der Waals surface area contributed by atoms with Crippen molar-refractivity contribution < 1.29 is 27.1 Å². The van der Waals surface area contributed by atoms with Crippen LogP contribution in [-0.2, 0) is 11.3 Å². The Kier molecular flexibility index (Phi) is 6.23. The molecule has 2 aromatic carbocycles. The monoisotopic (exact) mass is 369 g/mol. The summed E-state index contributed by atoms with van der Waals surface area (Å²) in [6.07, 6.45) is -4.64. The number of nitrogens with zero attached hydrogens (tertiary/aromatic N) is 1. The van der Waals surface area contributed by atoms with Gasteiger partial charge in [0, 0.05) is 25.6 Å². The summed E-state index contributed by atoms with van der Waals surface area (Å²) in [4.78, 5) is 13.7. The molecule has 2 aromatic rings. The van der Waals surface area contributed by atoms with Crippen molar-refractivity contribution in [2.24, 2.45) is 0 Å². The van der Waals surface area contributed by atoms with Crippen LogP contribution in [-0.4, -0.2) is 24.2 Å². The lowest BCUT2D eigenvalue weighted by Crippen LogP contribution is -2.28. The molecule has 0 aliphatic rings. The molecule has 0 spiro atoms. The number of benzene rings is 2. The van der Waals surface area contributed by atoms with E-state index < -0.39 is 6.36 Å². The number of hydrogen-bond donors (Lipinski definition) is 0. The van der Waals surface area contributed by atoms with Crippen LogP contribution >= 0.6 is 0 Å². The van der Waals surface area contributed by atoms with Gasteiger partial charge in [0.1, 0.15) is 11.6 Å². The topological polar surface area (TPSA) is 29.5 Å². The Morgan fingerprint density at radius 2 is 1.73 bits per heavy atom. The van der Waals surface area contributed by atoms with E-state index in [0.29, 0.717) is 0 Å². The molecule has 0 bridgehead atoms. The van der Waals surface area contributed by atoms with Crippen molar-refractivity contribution in [2.45, 2.75) is 32.2 Å². The van der Waals surface area contributed by atoms with Crippen LogP contribution in [0.3, 0.4) is 0 Å². The molecule has 3 nitrogen and oxygen atoms in total. The van der Waals surface area contributed by atoms with Crippen LogP contribution in [0.25, 0.3) is 0 Å². The first-order valence-electron chi connectivity index (χ1n) is 7.99. The number of rotatable bonds is 6. The lowest BCUT2D eigenvalue weighted by atomic mass is 9.97. The molecular weight excluding hydrogens is 350 g/mol. The highest BCUT2D eigenvalue weighted by molar-refractivity contribution is 5.76. The van der Waals surface area contributed by atoms with Crippen LogP contribution in [0.1, 0.15) is 30.4 Å². The van der Waals surface area contributed by atoms with Crippen LogP contribution in [0.4, 0.5) is 17.6 Å². The van der Waals surface area contributed by atoms with Gasteiger partial charge >= 0.3 is 6.36 Å². The lowest BCUT2D eigenvalue weighted by molar-refractivity contribution is -0.275. The first kappa shape index (κ1) is 19.8. The van der Waals surface area contributed by atoms with E-state index in [1.54, 1.807) is 18.2 Å². The van der Waals surface area contributed by atoms with Crippen molar-refractivity contribution in [1.29, 1.82) is 0 Å². The standard InChI is InChI=1S/C19H19F4NO2/c1-13(14-7-9-16(20)10-8-14)11-18(25)24(2)12-15-5-3-4-6-17(15)26-19(21,22)23/h3-10,13H,11-12H2,1-2H3. The minimum Gasteiger partial charge on any atom is -0.405 e. The van der Waals surface area contributed by atoms with Crippen molar-refractivity contribution in [3.05, 3.63) is 65.5 Å². The van der Waals surface area contributed by atoms with E-state index in [1.807, 2.05) is 6.92 Å². The summed E-state index contributed by atoms with van der Waals surface area (Å²) >= 11 is 0. The highest BCUT2D eigenvalue weighted by Gasteiger charge is 2.32. The van der Waals surface area contributed by atoms with E-state index in [-0.39, 0.29) is 41.9 Å². The van der Waals surface area contributed by atoms with Gasteiger partial charge in [0.2, 0.25) is 5.91 Å². The van der Waals surface area contributed by atoms with Crippen molar-refractivity contribution in [3.8, 4) is 5.75 Å². The summed E-state index contributed by atoms with van der Waals surface area (Å²) in [7, 11) is 1.52. The van der Waals surface area contributed by atoms with Crippen molar-refractivity contribution in [3.63, 3.8) is 0 Å². The van der Waals surface area contributed by atoms with Crippen LogP contribution in [0.5, 0.6) is 5.75 Å². The summed E-state index contributed by atoms with van der Waals surface area (Å²) in [5, 5.41) is 0. The summed E-state index contributed by atoms with van der Waals surface area (Å²) < 4.78 is 54.4. The second kappa shape index (κ2) is 8.21. The molecule has 0 aromatic heterocycles. The van der Waals surface area contributed by atoms with E-state index in [0.717, 1.165) is 5.56 Å². The number of ether oxygens (including phenoxy) is 1. The maximum Gasteiger partial charge on any atom is 0.573 e. The molecule has 26 heavy (non-hydrogen) atoms. The third kappa shape index (κ3) is 5.75. The van der Waals surface area contributed by atoms with Gasteiger partial charge in [-0.1, -0.05) is 37.3 Å². The van der Waals surface area contributed by atoms with Gasteiger partial charge in [0.05, 0.1) is 0 Å². The number of hydrogen-bond acceptors (Lipinski definition) is 2. The molecule has 0 aliphatic carbocycles. The maximum atomic E-state index is 13.0. The summed E-state index contributed by atoms with van der Waals surface area (Å²) in [6, 6.07) is 11.6. The molecule has 1 atom stereocenters. The molecule has 2 rings (SSSR count). The highest BCUT2D eigenvalue weighted by atomic mass is 19.4. The zero-order valence-electron chi connectivity index (χ0n) is 14.4. The largest absolute Gasteiger partial charge is 0.573 e. The predicted octanol–water partition coefficient (Wildman–Crippen LogP) is 4.88. The Bertz CT molecular complexity index is 744. The smallest absolute Gasteiger partial charge is 0.405 e. The number of amides is 1. The molecule has 0 aliphatic heterocycles. The molecule has 0 N–H and O–H groups in total. The normalized spacial score (nSPS) is 12.5. The maximum absolute atomic E-state index is 13.0. The van der Waals surface area contributed by atoms with Gasteiger partial charge in [0.25, 0.3) is 0 Å². The second-order valence-corrected chi connectivity index (χ2v) is 6.06. The van der Waals surface area contributed by atoms with Crippen LogP contribution < -0.4 is 4.74 Å². The third-order valence-corrected chi connectivity index (χ3v) is 3.95. The van der Waals surface area contributed by atoms with E-state index in [4.69, 9.17) is 0 Å². The second-order valence-electron chi connectivity index (χ2n) is 6.06. The van der Waals surface area contributed by atoms with Gasteiger partial charge in [-0.25, -0.2) is 4.39 Å². The number of halogens is 4. The van der Waals surface area contributed by atoms with Gasteiger partial charge in [0.15, 0.2) is 0 Å². The van der Waals surface area contributed by atoms with Crippen LogP contribution in [0, 0.1) is 5.82 Å². The van der Waals surface area contributed by atoms with Gasteiger partial charge < -0.3 is 9.64 Å². The number of carbonyl (C=O) groups is 1. The van der Waals surface area contributed by atoms with E-state index in [1.165, 1.54) is 42.3 Å². The minimum atomic E-state index is -4.80. The Hall–Kier alpha value is -2.57. The summed E-state index contributed by atoms with van der Waals surface area (Å²) in [6.45, 7) is 1.82. The summed E-state index contributed by atoms with van der Waals surface area (Å²) in [5.41, 5.74) is 1.07. The molecule has 140 valence electrons. The Morgan fingerprint density at radius 1 is 1.12 bits per heavy atom. The van der Waals surface area contributed by atoms with E-state index in [9.17, 15) is 22.4 Å². The van der Waals surface area contributed by atoms with Crippen molar-refractivity contribution in [2.75, 3.05) is 7.05 Å². The van der Waals surface area contributed by atoms with Gasteiger partial charge in [-0.3, -0.25) is 4.79 Å². The molecule has 0 radical (unpaired) electrons. The molecule has 0 saturated heterocycles. The minimum absolute atomic E-state index is 0.0127. The zero-order valence-corrected chi connectivity index (χ0v) is 14.4. The third-order valence-electron chi connectivity index (χ3n) is 3.95. The molecule has 1 unspecified atom stereocenters. The first-order valence-corrected chi connectivity index (χ1v) is 7.99. The van der Waals surface area contributed by atoms with Crippen LogP contribution in [0.2, 0.25) is 0 Å². The van der Waals surface area contributed by atoms with E-state index in [2.05, 4.69) is 4.74 Å². The average molecular weight is 369 g/mol. The number of para-hydroxylation sites is 1. The Balaban J connectivity index is 2.02. The molecule has 0 fully saturated rings. The number of alkyl halides is 3. The van der Waals surface area contributed by atoms with Crippen molar-refractivity contribution >= 4 is 5.91 Å². The fourth-order valence-electron chi connectivity index (χ4n) is 2.53. The fourth-order valence-corrected chi connectivity index (χ4v) is 2.53. The average Bonchev–Trinajstić information content (AvgIpc) is 2.55. The van der Waals surface area contributed by atoms with Gasteiger partial charge in [-0.2, -0.15) is 0 Å². The highest BCUT2D eigenvalue weighted by Crippen LogP contribution is 2.27.